The van der Waals surface area contributed by atoms with E-state index in [-0.39, 0.29) is 12.5 Å². The Balaban J connectivity index is 2.03. The Morgan fingerprint density at radius 1 is 1.12 bits per heavy atom. The predicted octanol–water partition coefficient (Wildman–Crippen LogP) is -1.04. The second-order valence-corrected chi connectivity index (χ2v) is 8.56. The Kier molecular flexibility index (Phi) is 6.38. The fourth-order valence-corrected chi connectivity index (χ4v) is 5.24. The summed E-state index contributed by atoms with van der Waals surface area (Å²) in [6, 6.07) is 3.22. The number of aryl methyl sites for hydroxylation is 3. The maximum Gasteiger partial charge on any atom is 0.321 e. The molecule has 1 aromatic rings. The summed E-state index contributed by atoms with van der Waals surface area (Å²) in [6.07, 6.45) is 0. The van der Waals surface area contributed by atoms with Gasteiger partial charge in [-0.15, -0.1) is 0 Å². The Morgan fingerprint density at radius 3 is 2.15 bits per heavy atom. The third-order valence-electron chi connectivity index (χ3n) is 4.52. The summed E-state index contributed by atoms with van der Waals surface area (Å²) < 4.78 is 27.6. The highest BCUT2D eigenvalue weighted by Crippen LogP contribution is 2.25. The molecule has 0 saturated carbocycles. The Labute approximate surface area is 154 Å². The van der Waals surface area contributed by atoms with Gasteiger partial charge in [0.2, 0.25) is 10.0 Å². The lowest BCUT2D eigenvalue weighted by Gasteiger charge is -2.31. The van der Waals surface area contributed by atoms with E-state index in [1.165, 1.54) is 11.4 Å². The van der Waals surface area contributed by atoms with E-state index in [1.807, 2.05) is 32.9 Å². The maximum absolute atomic E-state index is 13.0. The molecule has 1 aliphatic rings. The molecule has 1 saturated heterocycles. The lowest BCUT2D eigenvalue weighted by molar-refractivity contribution is -0.895. The van der Waals surface area contributed by atoms with Gasteiger partial charge in [0.25, 0.3) is 5.91 Å². The van der Waals surface area contributed by atoms with E-state index >= 15 is 0 Å². The van der Waals surface area contributed by atoms with Crippen LogP contribution in [0.25, 0.3) is 0 Å². The average molecular weight is 383 g/mol. The smallest absolute Gasteiger partial charge is 0.321 e. The number of nitrogens with zero attached hydrogens (tertiary/aromatic N) is 1. The van der Waals surface area contributed by atoms with Crippen LogP contribution in [0.2, 0.25) is 0 Å². The normalized spacial score (nSPS) is 16.3. The van der Waals surface area contributed by atoms with Crippen molar-refractivity contribution in [2.45, 2.75) is 25.7 Å². The molecule has 26 heavy (non-hydrogen) atoms. The number of benzene rings is 1. The second kappa shape index (κ2) is 8.15. The lowest BCUT2D eigenvalue weighted by Crippen LogP contribution is -3.15. The van der Waals surface area contributed by atoms with Gasteiger partial charge in [-0.2, -0.15) is 4.31 Å². The number of hydrogen-bond acceptors (Lipinski definition) is 4. The van der Waals surface area contributed by atoms with Crippen LogP contribution in [0.4, 0.5) is 4.79 Å². The number of nitrogens with one attached hydrogen (secondary N) is 3. The van der Waals surface area contributed by atoms with Crippen LogP contribution in [0.3, 0.4) is 0 Å². The monoisotopic (exact) mass is 383 g/mol. The van der Waals surface area contributed by atoms with E-state index in [1.54, 1.807) is 0 Å². The van der Waals surface area contributed by atoms with Gasteiger partial charge in [0.05, 0.1) is 31.1 Å². The van der Waals surface area contributed by atoms with Gasteiger partial charge in [0, 0.05) is 7.05 Å². The van der Waals surface area contributed by atoms with Crippen LogP contribution in [-0.2, 0) is 14.8 Å². The van der Waals surface area contributed by atoms with Crippen molar-refractivity contribution in [2.75, 3.05) is 39.8 Å². The van der Waals surface area contributed by atoms with E-state index < -0.39 is 16.1 Å². The summed E-state index contributed by atoms with van der Waals surface area (Å²) in [5.41, 5.74) is 2.54. The second-order valence-electron chi connectivity index (χ2n) is 6.69. The summed E-state index contributed by atoms with van der Waals surface area (Å²) in [5.74, 6) is -0.374. The van der Waals surface area contributed by atoms with Crippen molar-refractivity contribution < 1.29 is 22.9 Å². The first-order chi connectivity index (χ1) is 12.1. The molecular formula is C17H27N4O4S+. The van der Waals surface area contributed by atoms with Crippen LogP contribution >= 0.6 is 0 Å². The number of quaternary nitrogens is 1. The van der Waals surface area contributed by atoms with Crippen molar-refractivity contribution in [3.63, 3.8) is 0 Å². The summed E-state index contributed by atoms with van der Waals surface area (Å²) in [4.78, 5) is 24.3. The van der Waals surface area contributed by atoms with Crippen molar-refractivity contribution in [1.29, 1.82) is 0 Å². The van der Waals surface area contributed by atoms with Gasteiger partial charge < -0.3 is 10.2 Å². The van der Waals surface area contributed by atoms with Crippen LogP contribution in [0, 0.1) is 20.8 Å². The minimum atomic E-state index is -3.56. The Hall–Kier alpha value is -1.97. The highest BCUT2D eigenvalue weighted by atomic mass is 32.2. The molecule has 0 aliphatic carbocycles. The molecule has 0 radical (unpaired) electrons. The van der Waals surface area contributed by atoms with E-state index in [4.69, 9.17) is 0 Å². The summed E-state index contributed by atoms with van der Waals surface area (Å²) in [6.45, 7) is 7.45. The first kappa shape index (κ1) is 20.3. The van der Waals surface area contributed by atoms with E-state index in [0.29, 0.717) is 31.1 Å². The van der Waals surface area contributed by atoms with Crippen molar-refractivity contribution in [2.24, 2.45) is 0 Å². The molecule has 2 rings (SSSR count). The molecule has 1 aliphatic heterocycles. The molecule has 3 N–H and O–H groups in total. The van der Waals surface area contributed by atoms with Crippen molar-refractivity contribution in [3.8, 4) is 0 Å². The quantitative estimate of drug-likeness (QED) is 0.618. The largest absolute Gasteiger partial charge is 0.341 e. The van der Waals surface area contributed by atoms with Crippen LogP contribution in [0.5, 0.6) is 0 Å². The molecule has 8 nitrogen and oxygen atoms in total. The van der Waals surface area contributed by atoms with E-state index in [9.17, 15) is 18.0 Å². The van der Waals surface area contributed by atoms with Gasteiger partial charge in [0.15, 0.2) is 6.54 Å². The zero-order valence-electron chi connectivity index (χ0n) is 15.7. The molecule has 0 bridgehead atoms. The maximum atomic E-state index is 13.0. The zero-order chi connectivity index (χ0) is 19.5. The third-order valence-corrected chi connectivity index (χ3v) is 6.73. The molecule has 0 aromatic heterocycles. The molecule has 0 spiro atoms. The third kappa shape index (κ3) is 4.60. The average Bonchev–Trinajstić information content (AvgIpc) is 2.53. The molecule has 1 heterocycles. The minimum Gasteiger partial charge on any atom is -0.341 e. The molecule has 3 amide bonds. The number of urea groups is 1. The summed E-state index contributed by atoms with van der Waals surface area (Å²) in [5, 5.41) is 4.55. The predicted molar refractivity (Wildman–Crippen MR) is 97.6 cm³/mol. The topological polar surface area (TPSA) is 100 Å². The molecule has 144 valence electrons. The van der Waals surface area contributed by atoms with Gasteiger partial charge in [-0.25, -0.2) is 13.2 Å². The van der Waals surface area contributed by atoms with Crippen molar-refractivity contribution in [1.82, 2.24) is 14.9 Å². The molecule has 0 atom stereocenters. The SMILES string of the molecule is CNC(=O)NC(=O)C[NH+]1CCN(S(=O)(=O)c2c(C)cc(C)cc2C)CC1. The Morgan fingerprint density at radius 2 is 1.65 bits per heavy atom. The number of piperazine rings is 1. The first-order valence-electron chi connectivity index (χ1n) is 8.58. The first-order valence-corrected chi connectivity index (χ1v) is 10.0. The van der Waals surface area contributed by atoms with Crippen LogP contribution in [0.15, 0.2) is 17.0 Å². The van der Waals surface area contributed by atoms with Crippen molar-refractivity contribution >= 4 is 22.0 Å². The number of carbonyl (C=O) groups is 2. The van der Waals surface area contributed by atoms with Gasteiger partial charge in [-0.3, -0.25) is 10.1 Å². The number of amides is 3. The molecular weight excluding hydrogens is 356 g/mol. The standard InChI is InChI=1S/C17H26N4O4S/c1-12-9-13(2)16(14(3)10-12)26(24,25)21-7-5-20(6-8-21)11-15(22)19-17(23)18-4/h9-10H,5-8,11H2,1-4H3,(H2,18,19,22,23)/p+1. The number of imide groups is 1. The molecule has 1 fully saturated rings. The molecule has 0 unspecified atom stereocenters. The molecule has 1 aromatic carbocycles. The highest BCUT2D eigenvalue weighted by molar-refractivity contribution is 7.89. The fraction of sp³-hybridized carbons (Fsp3) is 0.529. The van der Waals surface area contributed by atoms with Gasteiger partial charge in [0.1, 0.15) is 0 Å². The van der Waals surface area contributed by atoms with Gasteiger partial charge in [-0.05, 0) is 31.9 Å². The zero-order valence-corrected chi connectivity index (χ0v) is 16.5. The number of rotatable bonds is 4. The summed E-state index contributed by atoms with van der Waals surface area (Å²) >= 11 is 0. The van der Waals surface area contributed by atoms with Crippen LogP contribution in [-0.4, -0.2) is 64.4 Å². The van der Waals surface area contributed by atoms with Gasteiger partial charge in [-0.1, -0.05) is 17.7 Å². The number of carbonyl (C=O) groups excluding carboxylic acids is 2. The van der Waals surface area contributed by atoms with E-state index in [0.717, 1.165) is 21.6 Å². The minimum absolute atomic E-state index is 0.143. The van der Waals surface area contributed by atoms with Crippen LogP contribution < -0.4 is 15.5 Å². The lowest BCUT2D eigenvalue weighted by atomic mass is 10.1. The van der Waals surface area contributed by atoms with Crippen LogP contribution in [0.1, 0.15) is 16.7 Å². The van der Waals surface area contributed by atoms with E-state index in [2.05, 4.69) is 10.6 Å². The highest BCUT2D eigenvalue weighted by Gasteiger charge is 2.33. The number of sulfonamides is 1. The van der Waals surface area contributed by atoms with Crippen molar-refractivity contribution in [3.05, 3.63) is 28.8 Å². The summed E-state index contributed by atoms with van der Waals surface area (Å²) in [7, 11) is -2.12. The molecule has 9 heteroatoms. The van der Waals surface area contributed by atoms with Gasteiger partial charge >= 0.3 is 6.03 Å². The number of hydrogen-bond donors (Lipinski definition) is 3. The fourth-order valence-electron chi connectivity index (χ4n) is 3.38. The Bertz CT molecular complexity index is 776.